The van der Waals surface area contributed by atoms with E-state index in [1.54, 1.807) is 0 Å². The Morgan fingerprint density at radius 1 is 0.895 bits per heavy atom. The second-order valence-electron chi connectivity index (χ2n) is 4.88. The SMILES string of the molecule is Nc1cccc2ccn(CCCc3ccccc3)c12. The first-order chi connectivity index (χ1) is 9.34. The molecule has 3 aromatic rings. The van der Waals surface area contributed by atoms with Crippen LogP contribution in [0.1, 0.15) is 12.0 Å². The van der Waals surface area contributed by atoms with Crippen LogP contribution in [0.5, 0.6) is 0 Å². The van der Waals surface area contributed by atoms with Crippen molar-refractivity contribution in [3.05, 3.63) is 66.4 Å². The number of nitrogen functional groups attached to an aromatic ring is 1. The van der Waals surface area contributed by atoms with Crippen molar-refractivity contribution in [2.75, 3.05) is 5.73 Å². The van der Waals surface area contributed by atoms with Crippen LogP contribution in [0.15, 0.2) is 60.8 Å². The molecule has 0 aliphatic rings. The summed E-state index contributed by atoms with van der Waals surface area (Å²) in [5, 5.41) is 1.22. The Kier molecular flexibility index (Phi) is 3.23. The highest BCUT2D eigenvalue weighted by molar-refractivity contribution is 5.90. The van der Waals surface area contributed by atoms with E-state index in [1.807, 2.05) is 12.1 Å². The predicted octanol–water partition coefficient (Wildman–Crippen LogP) is 3.86. The number of benzene rings is 2. The molecule has 2 heteroatoms. The molecule has 96 valence electrons. The average Bonchev–Trinajstić information content (AvgIpc) is 2.85. The first kappa shape index (κ1) is 11.8. The Bertz CT molecular complexity index is 668. The first-order valence-corrected chi connectivity index (χ1v) is 6.72. The van der Waals surface area contributed by atoms with Gasteiger partial charge >= 0.3 is 0 Å². The van der Waals surface area contributed by atoms with Crippen LogP contribution in [-0.4, -0.2) is 4.57 Å². The Balaban J connectivity index is 1.72. The summed E-state index contributed by atoms with van der Waals surface area (Å²) >= 11 is 0. The van der Waals surface area contributed by atoms with Gasteiger partial charge in [-0.2, -0.15) is 0 Å². The molecule has 0 spiro atoms. The van der Waals surface area contributed by atoms with Crippen LogP contribution in [-0.2, 0) is 13.0 Å². The molecule has 0 amide bonds. The molecule has 0 saturated heterocycles. The number of rotatable bonds is 4. The fourth-order valence-electron chi connectivity index (χ4n) is 2.58. The van der Waals surface area contributed by atoms with Crippen molar-refractivity contribution in [1.29, 1.82) is 0 Å². The van der Waals surface area contributed by atoms with Crippen molar-refractivity contribution in [2.24, 2.45) is 0 Å². The molecule has 3 rings (SSSR count). The number of hydrogen-bond acceptors (Lipinski definition) is 1. The Hall–Kier alpha value is -2.22. The van der Waals surface area contributed by atoms with E-state index in [4.69, 9.17) is 5.73 Å². The molecule has 2 N–H and O–H groups in total. The van der Waals surface area contributed by atoms with Gasteiger partial charge in [0.1, 0.15) is 0 Å². The Morgan fingerprint density at radius 2 is 1.74 bits per heavy atom. The van der Waals surface area contributed by atoms with E-state index >= 15 is 0 Å². The number of anilines is 1. The molecule has 0 bridgehead atoms. The topological polar surface area (TPSA) is 30.9 Å². The van der Waals surface area contributed by atoms with E-state index in [1.165, 1.54) is 10.9 Å². The molecule has 1 heterocycles. The zero-order chi connectivity index (χ0) is 13.1. The lowest BCUT2D eigenvalue weighted by Crippen LogP contribution is -2.00. The molecule has 1 aromatic heterocycles. The molecule has 19 heavy (non-hydrogen) atoms. The van der Waals surface area contributed by atoms with Gasteiger partial charge in [-0.3, -0.25) is 0 Å². The van der Waals surface area contributed by atoms with Crippen LogP contribution in [0.4, 0.5) is 5.69 Å². The van der Waals surface area contributed by atoms with Crippen molar-refractivity contribution in [3.63, 3.8) is 0 Å². The van der Waals surface area contributed by atoms with E-state index in [0.717, 1.165) is 30.6 Å². The smallest absolute Gasteiger partial charge is 0.0713 e. The quantitative estimate of drug-likeness (QED) is 0.700. The maximum Gasteiger partial charge on any atom is 0.0713 e. The summed E-state index contributed by atoms with van der Waals surface area (Å²) in [6.45, 7) is 1.01. The van der Waals surface area contributed by atoms with Crippen LogP contribution in [0.2, 0.25) is 0 Å². The number of nitrogens with two attached hydrogens (primary N) is 1. The van der Waals surface area contributed by atoms with Crippen LogP contribution in [0.25, 0.3) is 10.9 Å². The Morgan fingerprint density at radius 3 is 2.58 bits per heavy atom. The molecule has 0 radical (unpaired) electrons. The third kappa shape index (κ3) is 2.48. The van der Waals surface area contributed by atoms with Gasteiger partial charge in [-0.15, -0.1) is 0 Å². The summed E-state index contributed by atoms with van der Waals surface area (Å²) in [6, 6.07) is 18.8. The molecule has 2 nitrogen and oxygen atoms in total. The number of para-hydroxylation sites is 1. The Labute approximate surface area is 113 Å². The third-order valence-corrected chi connectivity index (χ3v) is 3.53. The van der Waals surface area contributed by atoms with Crippen LogP contribution >= 0.6 is 0 Å². The average molecular weight is 250 g/mol. The zero-order valence-electron chi connectivity index (χ0n) is 10.9. The van der Waals surface area contributed by atoms with Gasteiger partial charge in [-0.25, -0.2) is 0 Å². The van der Waals surface area contributed by atoms with E-state index in [9.17, 15) is 0 Å². The lowest BCUT2D eigenvalue weighted by molar-refractivity contribution is 0.662. The van der Waals surface area contributed by atoms with Crippen LogP contribution in [0.3, 0.4) is 0 Å². The molecule has 0 atom stereocenters. The minimum Gasteiger partial charge on any atom is -0.397 e. The van der Waals surface area contributed by atoms with Gasteiger partial charge in [0.25, 0.3) is 0 Å². The van der Waals surface area contributed by atoms with Gasteiger partial charge in [0, 0.05) is 18.1 Å². The predicted molar refractivity (Wildman–Crippen MR) is 81.1 cm³/mol. The van der Waals surface area contributed by atoms with Gasteiger partial charge in [-0.05, 0) is 30.5 Å². The highest BCUT2D eigenvalue weighted by Gasteiger charge is 2.03. The number of aryl methyl sites for hydroxylation is 2. The highest BCUT2D eigenvalue weighted by atomic mass is 15.0. The second-order valence-corrected chi connectivity index (χ2v) is 4.88. The number of fused-ring (bicyclic) bond motifs is 1. The molecular formula is C17H18N2. The number of nitrogens with zero attached hydrogens (tertiary/aromatic N) is 1. The minimum absolute atomic E-state index is 0.863. The summed E-state index contributed by atoms with van der Waals surface area (Å²) < 4.78 is 2.26. The molecule has 0 aliphatic heterocycles. The lowest BCUT2D eigenvalue weighted by Gasteiger charge is -2.07. The van der Waals surface area contributed by atoms with Crippen molar-refractivity contribution in [2.45, 2.75) is 19.4 Å². The molecular weight excluding hydrogens is 232 g/mol. The third-order valence-electron chi connectivity index (χ3n) is 3.53. The fourth-order valence-corrected chi connectivity index (χ4v) is 2.58. The van der Waals surface area contributed by atoms with E-state index in [0.29, 0.717) is 0 Å². The van der Waals surface area contributed by atoms with Crippen molar-refractivity contribution in [1.82, 2.24) is 4.57 Å². The van der Waals surface area contributed by atoms with E-state index in [2.05, 4.69) is 53.2 Å². The van der Waals surface area contributed by atoms with Crippen LogP contribution < -0.4 is 5.73 Å². The van der Waals surface area contributed by atoms with Gasteiger partial charge in [0.2, 0.25) is 0 Å². The lowest BCUT2D eigenvalue weighted by atomic mass is 10.1. The van der Waals surface area contributed by atoms with E-state index in [-0.39, 0.29) is 0 Å². The monoisotopic (exact) mass is 250 g/mol. The van der Waals surface area contributed by atoms with Gasteiger partial charge in [0.15, 0.2) is 0 Å². The normalized spacial score (nSPS) is 10.9. The van der Waals surface area contributed by atoms with Crippen molar-refractivity contribution in [3.8, 4) is 0 Å². The summed E-state index contributed by atoms with van der Waals surface area (Å²) in [5.74, 6) is 0. The second kappa shape index (κ2) is 5.19. The summed E-state index contributed by atoms with van der Waals surface area (Å²) in [5.41, 5.74) is 9.48. The van der Waals surface area contributed by atoms with Gasteiger partial charge in [0.05, 0.1) is 11.2 Å². The van der Waals surface area contributed by atoms with Crippen molar-refractivity contribution >= 4 is 16.6 Å². The zero-order valence-corrected chi connectivity index (χ0v) is 10.9. The largest absolute Gasteiger partial charge is 0.397 e. The van der Waals surface area contributed by atoms with Gasteiger partial charge in [-0.1, -0.05) is 42.5 Å². The summed E-state index contributed by atoms with van der Waals surface area (Å²) in [4.78, 5) is 0. The molecule has 0 unspecified atom stereocenters. The molecule has 2 aromatic carbocycles. The van der Waals surface area contributed by atoms with Gasteiger partial charge < -0.3 is 10.3 Å². The van der Waals surface area contributed by atoms with E-state index < -0.39 is 0 Å². The minimum atomic E-state index is 0.863. The molecule has 0 saturated carbocycles. The maximum atomic E-state index is 6.06. The van der Waals surface area contributed by atoms with Crippen LogP contribution in [0, 0.1) is 0 Å². The summed E-state index contributed by atoms with van der Waals surface area (Å²) in [6.07, 6.45) is 4.36. The first-order valence-electron chi connectivity index (χ1n) is 6.72. The fraction of sp³-hybridized carbons (Fsp3) is 0.176. The maximum absolute atomic E-state index is 6.06. The number of aromatic nitrogens is 1. The molecule has 0 aliphatic carbocycles. The standard InChI is InChI=1S/C17H18N2/c18-16-10-4-9-15-11-13-19(17(15)16)12-5-8-14-6-2-1-3-7-14/h1-4,6-7,9-11,13H,5,8,12,18H2. The molecule has 0 fully saturated rings. The highest BCUT2D eigenvalue weighted by Crippen LogP contribution is 2.22. The van der Waals surface area contributed by atoms with Crippen molar-refractivity contribution < 1.29 is 0 Å². The number of hydrogen-bond donors (Lipinski definition) is 1. The summed E-state index contributed by atoms with van der Waals surface area (Å²) in [7, 11) is 0.